The van der Waals surface area contributed by atoms with E-state index in [2.05, 4.69) is 4.98 Å². The summed E-state index contributed by atoms with van der Waals surface area (Å²) in [5, 5.41) is 0.583. The van der Waals surface area contributed by atoms with Gasteiger partial charge in [0.15, 0.2) is 6.29 Å². The van der Waals surface area contributed by atoms with Crippen molar-refractivity contribution in [3.63, 3.8) is 0 Å². The van der Waals surface area contributed by atoms with E-state index in [-0.39, 0.29) is 6.10 Å². The molecule has 0 radical (unpaired) electrons. The second-order valence-corrected chi connectivity index (χ2v) is 7.86. The predicted molar refractivity (Wildman–Crippen MR) is 113 cm³/mol. The van der Waals surface area contributed by atoms with E-state index >= 15 is 0 Å². The number of nitrogens with zero attached hydrogens (tertiary/aromatic N) is 2. The second kappa shape index (κ2) is 7.69. The number of amides is 1. The molecular formula is C21H16ClN3O3S. The quantitative estimate of drug-likeness (QED) is 0.451. The molecule has 0 bridgehead atoms. The summed E-state index contributed by atoms with van der Waals surface area (Å²) < 4.78 is 7.84. The Bertz CT molecular complexity index is 1230. The Hall–Kier alpha value is -3.16. The van der Waals surface area contributed by atoms with Crippen LogP contribution >= 0.6 is 22.9 Å². The lowest BCUT2D eigenvalue weighted by molar-refractivity contribution is 0.0997. The lowest BCUT2D eigenvalue weighted by atomic mass is 10.1. The highest BCUT2D eigenvalue weighted by molar-refractivity contribution is 7.17. The third-order valence-electron chi connectivity index (χ3n) is 4.49. The molecule has 0 saturated carbocycles. The molecule has 1 unspecified atom stereocenters. The van der Waals surface area contributed by atoms with Crippen molar-refractivity contribution < 1.29 is 14.3 Å². The summed E-state index contributed by atoms with van der Waals surface area (Å²) in [6.07, 6.45) is 3.77. The van der Waals surface area contributed by atoms with Crippen LogP contribution in [0.2, 0.25) is 5.02 Å². The number of pyridine rings is 1. The number of thiophene rings is 1. The monoisotopic (exact) mass is 425 g/mol. The van der Waals surface area contributed by atoms with E-state index in [0.29, 0.717) is 26.9 Å². The van der Waals surface area contributed by atoms with Gasteiger partial charge in [-0.3, -0.25) is 14.0 Å². The number of carbonyl (C=O) groups excluding carboxylic acids is 2. The molecule has 0 spiro atoms. The highest BCUT2D eigenvalue weighted by atomic mass is 35.5. The highest BCUT2D eigenvalue weighted by Gasteiger charge is 2.21. The predicted octanol–water partition coefficient (Wildman–Crippen LogP) is 4.77. The van der Waals surface area contributed by atoms with E-state index in [1.807, 2.05) is 25.1 Å². The van der Waals surface area contributed by atoms with Crippen LogP contribution in [0.25, 0.3) is 16.2 Å². The zero-order chi connectivity index (χ0) is 20.5. The average Bonchev–Trinajstić information content (AvgIpc) is 3.31. The molecule has 0 aliphatic rings. The van der Waals surface area contributed by atoms with Crippen LogP contribution in [0, 0.1) is 0 Å². The van der Waals surface area contributed by atoms with E-state index < -0.39 is 5.91 Å². The molecule has 0 aliphatic heterocycles. The maximum absolute atomic E-state index is 12.0. The molecule has 3 aromatic heterocycles. The Morgan fingerprint density at radius 2 is 2.10 bits per heavy atom. The molecule has 1 amide bonds. The van der Waals surface area contributed by atoms with Gasteiger partial charge in [-0.25, -0.2) is 4.98 Å². The van der Waals surface area contributed by atoms with Crippen LogP contribution in [-0.2, 0) is 0 Å². The van der Waals surface area contributed by atoms with Crippen molar-refractivity contribution in [2.45, 2.75) is 13.0 Å². The van der Waals surface area contributed by atoms with Crippen molar-refractivity contribution in [3.05, 3.63) is 75.9 Å². The standard InChI is InChI=1S/C21H16ClN3O3S/c1-12(14-4-2-3-5-15(14)22)28-17-8-18(29-20(17)21(23)27)16-9-24-19-7-6-13(11-26)10-25(16)19/h2-12H,1H3,(H2,23,27). The smallest absolute Gasteiger partial charge is 0.262 e. The van der Waals surface area contributed by atoms with Crippen molar-refractivity contribution in [3.8, 4) is 16.3 Å². The van der Waals surface area contributed by atoms with E-state index in [4.69, 9.17) is 22.1 Å². The van der Waals surface area contributed by atoms with Crippen molar-refractivity contribution in [2.75, 3.05) is 0 Å². The van der Waals surface area contributed by atoms with Crippen molar-refractivity contribution >= 4 is 40.8 Å². The Labute approximate surface area is 175 Å². The molecule has 0 saturated heterocycles. The Morgan fingerprint density at radius 1 is 1.31 bits per heavy atom. The lowest BCUT2D eigenvalue weighted by Crippen LogP contribution is -2.12. The van der Waals surface area contributed by atoms with Gasteiger partial charge in [0.1, 0.15) is 22.4 Å². The van der Waals surface area contributed by atoms with Crippen LogP contribution in [0.5, 0.6) is 5.75 Å². The van der Waals surface area contributed by atoms with Crippen LogP contribution < -0.4 is 10.5 Å². The summed E-state index contributed by atoms with van der Waals surface area (Å²) in [5.41, 5.74) is 8.33. The summed E-state index contributed by atoms with van der Waals surface area (Å²) in [6.45, 7) is 1.86. The van der Waals surface area contributed by atoms with Gasteiger partial charge in [0.2, 0.25) is 0 Å². The minimum Gasteiger partial charge on any atom is -0.484 e. The molecular weight excluding hydrogens is 410 g/mol. The fourth-order valence-corrected chi connectivity index (χ4v) is 4.31. The summed E-state index contributed by atoms with van der Waals surface area (Å²) in [7, 11) is 0. The van der Waals surface area contributed by atoms with Crippen molar-refractivity contribution in [2.24, 2.45) is 5.73 Å². The van der Waals surface area contributed by atoms with E-state index in [1.165, 1.54) is 11.3 Å². The van der Waals surface area contributed by atoms with Gasteiger partial charge in [0.05, 0.1) is 16.8 Å². The third-order valence-corrected chi connectivity index (χ3v) is 5.98. The first-order valence-corrected chi connectivity index (χ1v) is 9.94. The molecule has 29 heavy (non-hydrogen) atoms. The molecule has 3 heterocycles. The summed E-state index contributed by atoms with van der Waals surface area (Å²) >= 11 is 7.47. The van der Waals surface area contributed by atoms with E-state index in [1.54, 1.807) is 41.1 Å². The Kier molecular flexibility index (Phi) is 5.08. The van der Waals surface area contributed by atoms with Gasteiger partial charge in [-0.05, 0) is 25.1 Å². The first kappa shape index (κ1) is 19.2. The number of halogens is 1. The number of aromatic nitrogens is 2. The number of imidazole rings is 1. The molecule has 146 valence electrons. The number of hydrogen-bond acceptors (Lipinski definition) is 5. The van der Waals surface area contributed by atoms with E-state index in [0.717, 1.165) is 22.4 Å². The molecule has 1 atom stereocenters. The maximum atomic E-state index is 12.0. The van der Waals surface area contributed by atoms with Gasteiger partial charge >= 0.3 is 0 Å². The van der Waals surface area contributed by atoms with Gasteiger partial charge in [-0.1, -0.05) is 29.8 Å². The first-order chi connectivity index (χ1) is 14.0. The SMILES string of the molecule is CC(Oc1cc(-c2cnc3ccc(C=O)cn23)sc1C(N)=O)c1ccccc1Cl. The number of primary amides is 1. The molecule has 1 aromatic carbocycles. The molecule has 0 aliphatic carbocycles. The van der Waals surface area contributed by atoms with Gasteiger partial charge < -0.3 is 10.5 Å². The number of rotatable bonds is 6. The van der Waals surface area contributed by atoms with Gasteiger partial charge in [-0.15, -0.1) is 11.3 Å². The minimum atomic E-state index is -0.579. The molecule has 4 rings (SSSR count). The Morgan fingerprint density at radius 3 is 2.83 bits per heavy atom. The fraction of sp³-hybridized carbons (Fsp3) is 0.0952. The third kappa shape index (κ3) is 3.62. The molecule has 8 heteroatoms. The van der Waals surface area contributed by atoms with Gasteiger partial charge in [0.25, 0.3) is 5.91 Å². The zero-order valence-corrected chi connectivity index (χ0v) is 16.9. The van der Waals surface area contributed by atoms with Crippen LogP contribution in [0.1, 0.15) is 38.6 Å². The Balaban J connectivity index is 1.75. The molecule has 6 nitrogen and oxygen atoms in total. The minimum absolute atomic E-state index is 0.306. The molecule has 0 fully saturated rings. The number of fused-ring (bicyclic) bond motifs is 1. The average molecular weight is 426 g/mol. The number of hydrogen-bond donors (Lipinski definition) is 1. The van der Waals surface area contributed by atoms with Crippen LogP contribution in [0.4, 0.5) is 0 Å². The zero-order valence-electron chi connectivity index (χ0n) is 15.3. The topological polar surface area (TPSA) is 86.7 Å². The number of aldehydes is 1. The first-order valence-electron chi connectivity index (χ1n) is 8.75. The van der Waals surface area contributed by atoms with Gasteiger partial charge in [-0.2, -0.15) is 0 Å². The highest BCUT2D eigenvalue weighted by Crippen LogP contribution is 2.39. The maximum Gasteiger partial charge on any atom is 0.262 e. The lowest BCUT2D eigenvalue weighted by Gasteiger charge is -2.16. The molecule has 4 aromatic rings. The van der Waals surface area contributed by atoms with Crippen molar-refractivity contribution in [1.29, 1.82) is 0 Å². The number of benzene rings is 1. The fourth-order valence-electron chi connectivity index (χ4n) is 3.07. The number of ether oxygens (including phenoxy) is 1. The summed E-state index contributed by atoms with van der Waals surface area (Å²) in [6, 6.07) is 12.6. The second-order valence-electron chi connectivity index (χ2n) is 6.40. The van der Waals surface area contributed by atoms with Crippen LogP contribution in [0.15, 0.2) is 54.9 Å². The number of carbonyl (C=O) groups is 2. The van der Waals surface area contributed by atoms with Gasteiger partial charge in [0, 0.05) is 28.4 Å². The summed E-state index contributed by atoms with van der Waals surface area (Å²) in [5.74, 6) is -0.198. The van der Waals surface area contributed by atoms with Crippen LogP contribution in [0.3, 0.4) is 0 Å². The normalized spacial score (nSPS) is 12.1. The van der Waals surface area contributed by atoms with Crippen molar-refractivity contribution in [1.82, 2.24) is 9.38 Å². The van der Waals surface area contributed by atoms with E-state index in [9.17, 15) is 9.59 Å². The molecule has 2 N–H and O–H groups in total. The number of nitrogens with two attached hydrogens (primary N) is 1. The summed E-state index contributed by atoms with van der Waals surface area (Å²) in [4.78, 5) is 28.5. The van der Waals surface area contributed by atoms with Crippen LogP contribution in [-0.4, -0.2) is 21.6 Å². The largest absolute Gasteiger partial charge is 0.484 e.